The molecule has 0 spiro atoms. The number of nitrogens with zero attached hydrogens (tertiary/aromatic N) is 1. The molecule has 1 aromatic rings. The number of benzene rings is 1. The van der Waals surface area contributed by atoms with Crippen LogP contribution in [0.2, 0.25) is 0 Å². The molecule has 0 aliphatic heterocycles. The highest BCUT2D eigenvalue weighted by molar-refractivity contribution is 5.33. The highest BCUT2D eigenvalue weighted by atomic mass is 14.3. The Morgan fingerprint density at radius 2 is 1.94 bits per heavy atom. The van der Waals surface area contributed by atoms with E-state index in [0.717, 1.165) is 5.56 Å². The quantitative estimate of drug-likeness (QED) is 0.689. The second-order valence-corrected chi connectivity index (χ2v) is 4.25. The van der Waals surface area contributed by atoms with Crippen molar-refractivity contribution in [2.75, 3.05) is 0 Å². The molecule has 0 atom stereocenters. The molecule has 17 heavy (non-hydrogen) atoms. The Kier molecular flexibility index (Phi) is 2.58. The summed E-state index contributed by atoms with van der Waals surface area (Å²) in [6.45, 7) is 1.79. The summed E-state index contributed by atoms with van der Waals surface area (Å²) in [5.74, 6) is -0.881. The number of allylic oxidation sites excluding steroid dienone is 2. The molecule has 88 valence electrons. The van der Waals surface area contributed by atoms with E-state index < -0.39 is 18.7 Å². The summed E-state index contributed by atoms with van der Waals surface area (Å²) in [6.07, 6.45) is 0.817. The summed E-state index contributed by atoms with van der Waals surface area (Å²) >= 11 is 0. The van der Waals surface area contributed by atoms with Crippen LogP contribution in [-0.2, 0) is 0 Å². The topological polar surface area (TPSA) is 23.8 Å². The van der Waals surface area contributed by atoms with Crippen LogP contribution in [0.3, 0.4) is 0 Å². The fraction of sp³-hybridized carbons (Fsp3) is 0.438. The SMILES string of the molecule is [2H]C1([2H])CC(c2ccc(C#N)cc2)CC([2H])([2H])C1/C=C/C. The van der Waals surface area contributed by atoms with Gasteiger partial charge >= 0.3 is 0 Å². The zero-order chi connectivity index (χ0) is 15.7. The highest BCUT2D eigenvalue weighted by Gasteiger charge is 2.20. The van der Waals surface area contributed by atoms with E-state index in [-0.39, 0.29) is 5.92 Å². The first kappa shape index (κ1) is 7.71. The Hall–Kier alpha value is -1.55. The van der Waals surface area contributed by atoms with Crippen LogP contribution in [0.1, 0.15) is 55.0 Å². The molecule has 1 saturated carbocycles. The van der Waals surface area contributed by atoms with E-state index in [4.69, 9.17) is 10.7 Å². The summed E-state index contributed by atoms with van der Waals surface area (Å²) in [5, 5.41) is 8.82. The predicted molar refractivity (Wildman–Crippen MR) is 70.7 cm³/mol. The van der Waals surface area contributed by atoms with Gasteiger partial charge in [-0.05, 0) is 62.0 Å². The molecule has 0 amide bonds. The summed E-state index contributed by atoms with van der Waals surface area (Å²) < 4.78 is 32.9. The van der Waals surface area contributed by atoms with Gasteiger partial charge in [-0.2, -0.15) is 5.26 Å². The van der Waals surface area contributed by atoms with Gasteiger partial charge in [0.2, 0.25) is 0 Å². The lowest BCUT2D eigenvalue weighted by Crippen LogP contribution is -2.11. The van der Waals surface area contributed by atoms with Crippen LogP contribution in [0.4, 0.5) is 0 Å². The molecule has 0 heterocycles. The van der Waals surface area contributed by atoms with E-state index >= 15 is 0 Å². The van der Waals surface area contributed by atoms with Gasteiger partial charge in [0.1, 0.15) is 0 Å². The summed E-state index contributed by atoms with van der Waals surface area (Å²) in [7, 11) is 0. The van der Waals surface area contributed by atoms with Gasteiger partial charge in [0.15, 0.2) is 0 Å². The minimum Gasteiger partial charge on any atom is -0.192 e. The average molecular weight is 229 g/mol. The number of hydrogen-bond donors (Lipinski definition) is 0. The van der Waals surface area contributed by atoms with E-state index in [2.05, 4.69) is 6.07 Å². The third-order valence-corrected chi connectivity index (χ3v) is 3.06. The second-order valence-electron chi connectivity index (χ2n) is 4.25. The number of hydrogen-bond acceptors (Lipinski definition) is 1. The maximum Gasteiger partial charge on any atom is 0.0991 e. The smallest absolute Gasteiger partial charge is 0.0991 e. The summed E-state index contributed by atoms with van der Waals surface area (Å²) in [4.78, 5) is 0. The second kappa shape index (κ2) is 5.68. The van der Waals surface area contributed by atoms with Crippen molar-refractivity contribution in [1.82, 2.24) is 0 Å². The first-order valence-corrected chi connectivity index (χ1v) is 5.93. The molecule has 1 heteroatoms. The van der Waals surface area contributed by atoms with Crippen molar-refractivity contribution in [3.05, 3.63) is 47.5 Å². The zero-order valence-electron chi connectivity index (χ0n) is 14.0. The van der Waals surface area contributed by atoms with E-state index in [1.165, 1.54) is 0 Å². The molecule has 1 aromatic carbocycles. The molecule has 1 aliphatic carbocycles. The summed E-state index contributed by atoms with van der Waals surface area (Å²) in [5.41, 5.74) is 1.47. The van der Waals surface area contributed by atoms with Crippen molar-refractivity contribution >= 4 is 0 Å². The molecule has 0 unspecified atom stereocenters. The standard InChI is InChI=1S/C16H19N/c1-2-3-13-4-8-15(9-5-13)16-10-6-14(12-17)7-11-16/h2-3,6-7,10-11,13,15H,4-5,8-9H2,1H3/b3-2+/i4D2,5D2. The largest absolute Gasteiger partial charge is 0.192 e. The summed E-state index contributed by atoms with van der Waals surface area (Å²) in [6, 6.07) is 9.09. The molecule has 1 aliphatic rings. The average Bonchev–Trinajstić information content (AvgIpc) is 2.42. The molecule has 0 N–H and O–H groups in total. The van der Waals surface area contributed by atoms with Crippen molar-refractivity contribution in [1.29, 1.82) is 5.26 Å². The minimum atomic E-state index is -1.58. The molecule has 1 fully saturated rings. The lowest BCUT2D eigenvalue weighted by Gasteiger charge is -2.27. The molecule has 0 radical (unpaired) electrons. The van der Waals surface area contributed by atoms with Gasteiger partial charge in [0.05, 0.1) is 11.6 Å². The van der Waals surface area contributed by atoms with Crippen LogP contribution in [0.25, 0.3) is 0 Å². The predicted octanol–water partition coefficient (Wildman–Crippen LogP) is 4.41. The minimum absolute atomic E-state index is 0.163. The van der Waals surface area contributed by atoms with Gasteiger partial charge in [-0.15, -0.1) is 0 Å². The molecular formula is C16H19N. The lowest BCUT2D eigenvalue weighted by atomic mass is 9.78. The molecule has 0 aromatic heterocycles. The third-order valence-electron chi connectivity index (χ3n) is 3.06. The van der Waals surface area contributed by atoms with Crippen LogP contribution >= 0.6 is 0 Å². The Balaban J connectivity index is 2.30. The molecular weight excluding hydrogens is 206 g/mol. The van der Waals surface area contributed by atoms with Crippen molar-refractivity contribution in [2.24, 2.45) is 5.92 Å². The van der Waals surface area contributed by atoms with Gasteiger partial charge in [0, 0.05) is 5.48 Å². The highest BCUT2D eigenvalue weighted by Crippen LogP contribution is 2.36. The fourth-order valence-corrected chi connectivity index (χ4v) is 2.08. The van der Waals surface area contributed by atoms with Crippen LogP contribution < -0.4 is 0 Å². The van der Waals surface area contributed by atoms with Crippen LogP contribution in [0.5, 0.6) is 0 Å². The monoisotopic (exact) mass is 229 g/mol. The zero-order valence-corrected chi connectivity index (χ0v) is 9.98. The van der Waals surface area contributed by atoms with Crippen LogP contribution in [-0.4, -0.2) is 0 Å². The Bertz CT molecular complexity index is 551. The maximum absolute atomic E-state index is 8.82. The Labute approximate surface area is 109 Å². The first-order valence-electron chi connectivity index (χ1n) is 7.93. The van der Waals surface area contributed by atoms with E-state index in [1.54, 1.807) is 31.2 Å². The van der Waals surface area contributed by atoms with E-state index in [1.807, 2.05) is 12.1 Å². The number of nitriles is 1. The van der Waals surface area contributed by atoms with E-state index in [0.29, 0.717) is 18.4 Å². The molecule has 0 saturated heterocycles. The van der Waals surface area contributed by atoms with Gasteiger partial charge in [-0.25, -0.2) is 0 Å². The van der Waals surface area contributed by atoms with Crippen molar-refractivity contribution in [3.63, 3.8) is 0 Å². The molecule has 1 nitrogen and oxygen atoms in total. The van der Waals surface area contributed by atoms with Gasteiger partial charge in [-0.3, -0.25) is 0 Å². The fourth-order valence-electron chi connectivity index (χ4n) is 2.08. The van der Waals surface area contributed by atoms with Crippen molar-refractivity contribution in [2.45, 2.75) is 38.4 Å². The lowest BCUT2D eigenvalue weighted by molar-refractivity contribution is 0.375. The Morgan fingerprint density at radius 3 is 2.47 bits per heavy atom. The van der Waals surface area contributed by atoms with Crippen LogP contribution in [0.15, 0.2) is 36.4 Å². The van der Waals surface area contributed by atoms with Crippen molar-refractivity contribution < 1.29 is 5.48 Å². The van der Waals surface area contributed by atoms with Crippen LogP contribution in [0, 0.1) is 17.2 Å². The molecule has 2 rings (SSSR count). The van der Waals surface area contributed by atoms with Gasteiger partial charge < -0.3 is 0 Å². The van der Waals surface area contributed by atoms with Gasteiger partial charge in [-0.1, -0.05) is 24.3 Å². The van der Waals surface area contributed by atoms with Crippen molar-refractivity contribution in [3.8, 4) is 6.07 Å². The Morgan fingerprint density at radius 1 is 1.29 bits per heavy atom. The van der Waals surface area contributed by atoms with E-state index in [9.17, 15) is 0 Å². The van der Waals surface area contributed by atoms with Gasteiger partial charge in [0.25, 0.3) is 0 Å². The maximum atomic E-state index is 8.82. The molecule has 0 bridgehead atoms. The third kappa shape index (κ3) is 2.97. The normalized spacial score (nSPS) is 34.1. The number of rotatable bonds is 2. The first-order chi connectivity index (χ1) is 9.80.